The van der Waals surface area contributed by atoms with Gasteiger partial charge in [0.1, 0.15) is 59.5 Å². The quantitative estimate of drug-likeness (QED) is 0.0488. The van der Waals surface area contributed by atoms with E-state index in [2.05, 4.69) is 41.5 Å². The minimum absolute atomic E-state index is 0.0588. The van der Waals surface area contributed by atoms with Gasteiger partial charge in [-0.25, -0.2) is 64.6 Å². The van der Waals surface area contributed by atoms with Crippen molar-refractivity contribution in [2.24, 2.45) is 0 Å². The van der Waals surface area contributed by atoms with E-state index in [1.54, 1.807) is 98.8 Å². The molecule has 0 aliphatic carbocycles. The van der Waals surface area contributed by atoms with Gasteiger partial charge >= 0.3 is 12.2 Å². The molecule has 4 aliphatic rings. The van der Waals surface area contributed by atoms with Gasteiger partial charge in [-0.2, -0.15) is 10.2 Å². The second-order valence-electron chi connectivity index (χ2n) is 23.6. The molecule has 0 saturated carbocycles. The van der Waals surface area contributed by atoms with Crippen molar-refractivity contribution in [3.05, 3.63) is 223 Å². The van der Waals surface area contributed by atoms with E-state index in [1.807, 2.05) is 12.1 Å². The van der Waals surface area contributed by atoms with Crippen LogP contribution in [0.5, 0.6) is 0 Å². The molecular formula is C66H54Cl4F6N14O10. The Morgan fingerprint density at radius 1 is 0.530 bits per heavy atom. The fraction of sp³-hybridized carbons (Fsp3) is 0.303. The van der Waals surface area contributed by atoms with Crippen molar-refractivity contribution in [1.82, 2.24) is 70.2 Å². The molecule has 2 N–H and O–H groups in total. The van der Waals surface area contributed by atoms with Crippen molar-refractivity contribution in [3.63, 3.8) is 0 Å². The van der Waals surface area contributed by atoms with Crippen LogP contribution in [0.15, 0.2) is 134 Å². The first-order chi connectivity index (χ1) is 48.3. The molecule has 0 spiro atoms. The molecule has 0 bridgehead atoms. The minimum atomic E-state index is -1.69. The molecule has 4 aliphatic heterocycles. The van der Waals surface area contributed by atoms with Gasteiger partial charge in [0, 0.05) is 45.4 Å². The maximum absolute atomic E-state index is 14.8. The summed E-state index contributed by atoms with van der Waals surface area (Å²) in [6.45, 7) is 2.93. The van der Waals surface area contributed by atoms with Crippen molar-refractivity contribution in [1.29, 1.82) is 0 Å². The van der Waals surface area contributed by atoms with Gasteiger partial charge in [0.25, 0.3) is 0 Å². The van der Waals surface area contributed by atoms with Gasteiger partial charge in [-0.05, 0) is 87.4 Å². The third kappa shape index (κ3) is 14.0. The molecule has 24 nitrogen and oxygen atoms in total. The summed E-state index contributed by atoms with van der Waals surface area (Å²) in [4.78, 5) is 38.6. The number of hydrogen-bond donors (Lipinski definition) is 2. The molecule has 4 saturated heterocycles. The van der Waals surface area contributed by atoms with Crippen LogP contribution in [0, 0.1) is 48.8 Å². The van der Waals surface area contributed by atoms with Gasteiger partial charge in [0.05, 0.1) is 47.0 Å². The fourth-order valence-electron chi connectivity index (χ4n) is 12.4. The third-order valence-electron chi connectivity index (χ3n) is 16.9. The molecule has 8 heterocycles. The zero-order valence-electron chi connectivity index (χ0n) is 52.1. The van der Waals surface area contributed by atoms with E-state index in [0.29, 0.717) is 21.2 Å². The second kappa shape index (κ2) is 28.9. The molecular weight excluding hydrogens is 1400 g/mol. The number of halogens is 10. The number of ether oxygens (including phenoxy) is 8. The Bertz CT molecular complexity index is 4350. The molecule has 6 aromatic carbocycles. The predicted molar refractivity (Wildman–Crippen MR) is 342 cm³/mol. The van der Waals surface area contributed by atoms with E-state index in [9.17, 15) is 35.9 Å². The standard InChI is InChI=1S/C66H54Cl4F6N14O10/c1-31-79-61(89(83-31)47-25-37(67)15-17-39(47)69)59-57(53(55-49(95-59)29-93-63(97-55)33-11-5-3-6-12-33)87-27-45(81-85-87)35-21-41(71)51(75)42(72)22-35)99-65(91)77-19-9-10-20-78-66(92)100-58-54(88-28-46(82-86-88)36-23-43(73)52(76)44(74)24-36)56-50(30-94-64(98-56)34-13-7-4-8-14-34)96-60(58)62-80-32(2)84-90(62)48-26-38(68)16-18-40(48)70/h3-8,11-18,21-28,49-50,53-60,63-64H,9-10,19-20,29-30H2,1-2H3,(H,77,91)(H,78,92). The smallest absolute Gasteiger partial charge is 0.407 e. The lowest BCUT2D eigenvalue weighted by Gasteiger charge is -2.48. The molecule has 34 heteroatoms. The first-order valence-corrected chi connectivity index (χ1v) is 32.6. The number of carbonyl (C=O) groups excluding carboxylic acids is 2. The number of fused-ring (bicyclic) bond motifs is 2. The summed E-state index contributed by atoms with van der Waals surface area (Å²) < 4.78 is 145. The molecule has 4 fully saturated rings. The summed E-state index contributed by atoms with van der Waals surface area (Å²) in [7, 11) is 0. The highest BCUT2D eigenvalue weighted by molar-refractivity contribution is 6.35. The number of benzene rings is 6. The van der Waals surface area contributed by atoms with Crippen LogP contribution in [0.4, 0.5) is 35.9 Å². The first kappa shape index (κ1) is 68.1. The Kier molecular flexibility index (Phi) is 19.7. The van der Waals surface area contributed by atoms with E-state index in [-0.39, 0.29) is 106 Å². The van der Waals surface area contributed by atoms with Gasteiger partial charge < -0.3 is 48.5 Å². The Hall–Kier alpha value is -9.08. The second-order valence-corrected chi connectivity index (χ2v) is 25.2. The predicted octanol–water partition coefficient (Wildman–Crippen LogP) is 12.7. The lowest BCUT2D eigenvalue weighted by molar-refractivity contribution is -0.318. The molecule has 12 atom stereocenters. The van der Waals surface area contributed by atoms with Gasteiger partial charge in [-0.3, -0.25) is 0 Å². The van der Waals surface area contributed by atoms with Crippen molar-refractivity contribution < 1.29 is 73.8 Å². The average molecular weight is 1460 g/mol. The Balaban J connectivity index is 0.737. The molecule has 4 aromatic heterocycles. The molecule has 100 heavy (non-hydrogen) atoms. The van der Waals surface area contributed by atoms with Gasteiger partial charge in [-0.1, -0.05) is 117 Å². The lowest BCUT2D eigenvalue weighted by atomic mass is 9.90. The van der Waals surface area contributed by atoms with E-state index >= 15 is 0 Å². The number of alkyl carbamates (subject to hydrolysis) is 2. The van der Waals surface area contributed by atoms with Crippen LogP contribution in [0.3, 0.4) is 0 Å². The summed E-state index contributed by atoms with van der Waals surface area (Å²) >= 11 is 26.6. The number of amides is 2. The van der Waals surface area contributed by atoms with E-state index < -0.39 is 121 Å². The Morgan fingerprint density at radius 2 is 0.920 bits per heavy atom. The number of nitrogens with zero attached hydrogens (tertiary/aromatic N) is 12. The maximum Gasteiger partial charge on any atom is 0.407 e. The molecule has 518 valence electrons. The monoisotopic (exact) mass is 1460 g/mol. The molecule has 10 aromatic rings. The van der Waals surface area contributed by atoms with Crippen LogP contribution in [-0.2, 0) is 37.9 Å². The van der Waals surface area contributed by atoms with Crippen LogP contribution in [0.1, 0.15) is 84.1 Å². The van der Waals surface area contributed by atoms with Crippen molar-refractivity contribution in [2.75, 3.05) is 26.3 Å². The van der Waals surface area contributed by atoms with Crippen molar-refractivity contribution in [3.8, 4) is 33.9 Å². The van der Waals surface area contributed by atoms with Crippen LogP contribution in [0.25, 0.3) is 33.9 Å². The normalized spacial score (nSPS) is 23.5. The highest BCUT2D eigenvalue weighted by Gasteiger charge is 2.57. The largest absolute Gasteiger partial charge is 0.441 e. The van der Waals surface area contributed by atoms with Gasteiger partial charge in [-0.15, -0.1) is 10.2 Å². The first-order valence-electron chi connectivity index (χ1n) is 31.1. The summed E-state index contributed by atoms with van der Waals surface area (Å²) in [6.07, 6.45) is -10.7. The number of nitrogens with one attached hydrogen (secondary N) is 2. The van der Waals surface area contributed by atoms with Crippen molar-refractivity contribution in [2.45, 2.75) is 100 Å². The summed E-state index contributed by atoms with van der Waals surface area (Å²) in [6, 6.07) is 27.9. The summed E-state index contributed by atoms with van der Waals surface area (Å²) in [5, 5.41) is 33.0. The number of aryl methyl sites for hydroxylation is 2. The van der Waals surface area contributed by atoms with Crippen LogP contribution in [-0.4, -0.2) is 135 Å². The van der Waals surface area contributed by atoms with Crippen molar-refractivity contribution >= 4 is 58.6 Å². The zero-order valence-corrected chi connectivity index (χ0v) is 55.1. The SMILES string of the molecule is Cc1nc(C2OC3COC(c4ccccc4)OC3C(n3cc(-c4cc(F)c(F)c(F)c4)nn3)C2OC(=O)NCCCCNC(=O)OC2C(c3nc(C)nn3-c3cc(Cl)ccc3Cl)OC3COC(c4ccccc4)OC3C2n2cc(-c3cc(F)c(F)c(F)c3)nn2)n(-c2cc(Cl)ccc2Cl)n1. The van der Waals surface area contributed by atoms with E-state index in [0.717, 1.165) is 24.3 Å². The van der Waals surface area contributed by atoms with E-state index in [4.69, 9.17) is 94.3 Å². The Labute approximate surface area is 583 Å². The van der Waals surface area contributed by atoms with Crippen LogP contribution in [0.2, 0.25) is 20.1 Å². The third-order valence-corrected chi connectivity index (χ3v) is 18.0. The van der Waals surface area contributed by atoms with Crippen LogP contribution < -0.4 is 10.6 Å². The zero-order chi connectivity index (χ0) is 69.6. The van der Waals surface area contributed by atoms with Gasteiger partial charge in [0.2, 0.25) is 0 Å². The number of rotatable bonds is 17. The fourth-order valence-corrected chi connectivity index (χ4v) is 13.1. The molecule has 14 rings (SSSR count). The molecule has 12 unspecified atom stereocenters. The number of hydrogen-bond acceptors (Lipinski definition) is 18. The maximum atomic E-state index is 14.8. The number of unbranched alkanes of at least 4 members (excludes halogenated alkanes) is 1. The van der Waals surface area contributed by atoms with Gasteiger partial charge in [0.15, 0.2) is 83.5 Å². The summed E-state index contributed by atoms with van der Waals surface area (Å²) in [5.41, 5.74) is 1.29. The highest BCUT2D eigenvalue weighted by atomic mass is 35.5. The highest BCUT2D eigenvalue weighted by Crippen LogP contribution is 2.48. The average Bonchev–Trinajstić information content (AvgIpc) is 1.35. The minimum Gasteiger partial charge on any atom is -0.441 e. The topological polar surface area (TPSA) is 255 Å². The lowest BCUT2D eigenvalue weighted by Crippen LogP contribution is -2.58. The Morgan fingerprint density at radius 3 is 1.31 bits per heavy atom. The van der Waals surface area contributed by atoms with Crippen LogP contribution >= 0.6 is 46.4 Å². The molecule has 0 radical (unpaired) electrons. The molecule has 2 amide bonds. The van der Waals surface area contributed by atoms with E-state index in [1.165, 1.54) is 31.1 Å². The number of carbonyl (C=O) groups is 2. The summed E-state index contributed by atoms with van der Waals surface area (Å²) in [5.74, 6) is -8.64. The number of aromatic nitrogens is 12.